The first kappa shape index (κ1) is 17.6. The zero-order valence-corrected chi connectivity index (χ0v) is 15.3. The van der Waals surface area contributed by atoms with Crippen molar-refractivity contribution < 1.29 is 4.79 Å². The van der Waals surface area contributed by atoms with E-state index in [4.69, 9.17) is 0 Å². The number of amides is 1. The largest absolute Gasteiger partial charge is 0.345 e. The van der Waals surface area contributed by atoms with Crippen LogP contribution in [0.1, 0.15) is 41.1 Å². The Morgan fingerprint density at radius 3 is 2.64 bits per heavy atom. The summed E-state index contributed by atoms with van der Waals surface area (Å²) >= 11 is 0. The van der Waals surface area contributed by atoms with Crippen molar-refractivity contribution in [1.82, 2.24) is 15.2 Å². The summed E-state index contributed by atoms with van der Waals surface area (Å²) in [6.45, 7) is 6.17. The van der Waals surface area contributed by atoms with Crippen molar-refractivity contribution >= 4 is 5.91 Å². The predicted molar refractivity (Wildman–Crippen MR) is 100 cm³/mol. The second-order valence-electron chi connectivity index (χ2n) is 7.17. The molecule has 25 heavy (non-hydrogen) atoms. The molecule has 1 N–H and O–H groups in total. The molecule has 0 spiro atoms. The summed E-state index contributed by atoms with van der Waals surface area (Å²) in [7, 11) is 2.11. The van der Waals surface area contributed by atoms with Crippen LogP contribution in [0.5, 0.6) is 0 Å². The summed E-state index contributed by atoms with van der Waals surface area (Å²) < 4.78 is 0. The Bertz CT molecular complexity index is 721. The number of carbonyl (C=O) groups is 1. The van der Waals surface area contributed by atoms with Crippen LogP contribution in [-0.2, 0) is 4.79 Å². The van der Waals surface area contributed by atoms with Crippen LogP contribution in [-0.4, -0.2) is 35.9 Å². The van der Waals surface area contributed by atoms with Crippen molar-refractivity contribution in [2.45, 2.75) is 32.7 Å². The van der Waals surface area contributed by atoms with E-state index in [0.717, 1.165) is 37.1 Å². The minimum absolute atomic E-state index is 0.0983. The predicted octanol–water partition coefficient (Wildman–Crippen LogP) is 3.25. The molecule has 4 nitrogen and oxygen atoms in total. The van der Waals surface area contributed by atoms with Crippen molar-refractivity contribution in [3.63, 3.8) is 0 Å². The number of likely N-dealkylation sites (tertiary alicyclic amines) is 1. The van der Waals surface area contributed by atoms with Gasteiger partial charge in [0.2, 0.25) is 5.91 Å². The monoisotopic (exact) mass is 337 g/mol. The van der Waals surface area contributed by atoms with Crippen LogP contribution < -0.4 is 5.32 Å². The van der Waals surface area contributed by atoms with E-state index in [1.807, 2.05) is 18.3 Å². The van der Waals surface area contributed by atoms with Crippen molar-refractivity contribution in [3.8, 4) is 0 Å². The molecule has 2 aromatic rings. The fourth-order valence-electron chi connectivity index (χ4n) is 3.57. The Labute approximate surface area is 150 Å². The van der Waals surface area contributed by atoms with E-state index < -0.39 is 0 Å². The second kappa shape index (κ2) is 7.79. The van der Waals surface area contributed by atoms with Gasteiger partial charge in [0.15, 0.2) is 0 Å². The topological polar surface area (TPSA) is 45.2 Å². The maximum Gasteiger partial charge on any atom is 0.223 e. The molecule has 1 unspecified atom stereocenters. The number of rotatable bonds is 4. The van der Waals surface area contributed by atoms with Gasteiger partial charge in [0.1, 0.15) is 0 Å². The fraction of sp³-hybridized carbons (Fsp3) is 0.429. The molecule has 1 aliphatic rings. The number of pyridine rings is 1. The standard InChI is InChI=1S/C21H27N3O/c1-15-6-7-19(16(2)13-15)20(18-5-4-10-22-14-18)23-21(25)17-8-11-24(3)12-9-17/h4-7,10,13-14,17,20H,8-9,11-12H2,1-3H3,(H,23,25). The van der Waals surface area contributed by atoms with Crippen molar-refractivity contribution in [2.75, 3.05) is 20.1 Å². The van der Waals surface area contributed by atoms with E-state index in [2.05, 4.69) is 54.3 Å². The number of benzene rings is 1. The average Bonchev–Trinajstić information content (AvgIpc) is 2.61. The Balaban J connectivity index is 1.85. The van der Waals surface area contributed by atoms with Crippen LogP contribution in [0.3, 0.4) is 0 Å². The number of nitrogens with one attached hydrogen (secondary N) is 1. The Morgan fingerprint density at radius 1 is 1.24 bits per heavy atom. The molecule has 1 saturated heterocycles. The molecule has 1 aromatic carbocycles. The quantitative estimate of drug-likeness (QED) is 0.931. The van der Waals surface area contributed by atoms with Gasteiger partial charge in [-0.05, 0) is 69.6 Å². The van der Waals surface area contributed by atoms with Crippen molar-refractivity contribution in [3.05, 3.63) is 65.0 Å². The number of piperidine rings is 1. The molecule has 1 aromatic heterocycles. The highest BCUT2D eigenvalue weighted by molar-refractivity contribution is 5.79. The van der Waals surface area contributed by atoms with E-state index >= 15 is 0 Å². The molecular formula is C21H27N3O. The fourth-order valence-corrected chi connectivity index (χ4v) is 3.57. The van der Waals surface area contributed by atoms with Gasteiger partial charge in [-0.15, -0.1) is 0 Å². The molecule has 0 radical (unpaired) electrons. The summed E-state index contributed by atoms with van der Waals surface area (Å²) in [5.41, 5.74) is 4.58. The smallest absolute Gasteiger partial charge is 0.223 e. The van der Waals surface area contributed by atoms with Gasteiger partial charge in [0.05, 0.1) is 6.04 Å². The van der Waals surface area contributed by atoms with Crippen molar-refractivity contribution in [1.29, 1.82) is 0 Å². The summed E-state index contributed by atoms with van der Waals surface area (Å²) in [5.74, 6) is 0.253. The lowest BCUT2D eigenvalue weighted by atomic mass is 9.92. The summed E-state index contributed by atoms with van der Waals surface area (Å²) in [5, 5.41) is 3.30. The summed E-state index contributed by atoms with van der Waals surface area (Å²) in [6, 6.07) is 10.2. The Hall–Kier alpha value is -2.20. The third kappa shape index (κ3) is 4.26. The molecule has 3 rings (SSSR count). The van der Waals surface area contributed by atoms with Gasteiger partial charge in [-0.3, -0.25) is 9.78 Å². The molecule has 1 amide bonds. The SMILES string of the molecule is Cc1ccc(C(NC(=O)C2CCN(C)CC2)c2cccnc2)c(C)c1. The molecule has 0 saturated carbocycles. The lowest BCUT2D eigenvalue weighted by Gasteiger charge is -2.30. The van der Waals surface area contributed by atoms with E-state index in [0.29, 0.717) is 0 Å². The molecule has 0 aliphatic carbocycles. The number of carbonyl (C=O) groups excluding carboxylic acids is 1. The van der Waals surface area contributed by atoms with E-state index in [1.54, 1.807) is 6.20 Å². The third-order valence-electron chi connectivity index (χ3n) is 5.13. The van der Waals surface area contributed by atoms with E-state index in [-0.39, 0.29) is 17.9 Å². The average molecular weight is 337 g/mol. The van der Waals surface area contributed by atoms with E-state index in [1.165, 1.54) is 11.1 Å². The van der Waals surface area contributed by atoms with Crippen LogP contribution in [0.25, 0.3) is 0 Å². The van der Waals surface area contributed by atoms with Crippen LogP contribution in [0.2, 0.25) is 0 Å². The third-order valence-corrected chi connectivity index (χ3v) is 5.13. The minimum Gasteiger partial charge on any atom is -0.345 e. The van der Waals surface area contributed by atoms with Crippen LogP contribution >= 0.6 is 0 Å². The molecule has 0 bridgehead atoms. The van der Waals surface area contributed by atoms with Crippen molar-refractivity contribution in [2.24, 2.45) is 5.92 Å². The number of hydrogen-bond acceptors (Lipinski definition) is 3. The van der Waals surface area contributed by atoms with E-state index in [9.17, 15) is 4.79 Å². The zero-order chi connectivity index (χ0) is 17.8. The summed E-state index contributed by atoms with van der Waals surface area (Å²) in [6.07, 6.45) is 5.46. The summed E-state index contributed by atoms with van der Waals surface area (Å²) in [4.78, 5) is 19.4. The number of aryl methyl sites for hydroxylation is 2. The van der Waals surface area contributed by atoms with Crippen LogP contribution in [0.4, 0.5) is 0 Å². The lowest BCUT2D eigenvalue weighted by Crippen LogP contribution is -2.40. The van der Waals surface area contributed by atoms with Gasteiger partial charge in [0, 0.05) is 18.3 Å². The number of hydrogen-bond donors (Lipinski definition) is 1. The maximum absolute atomic E-state index is 12.9. The highest BCUT2D eigenvalue weighted by Crippen LogP contribution is 2.27. The number of aromatic nitrogens is 1. The number of nitrogens with zero attached hydrogens (tertiary/aromatic N) is 2. The van der Waals surface area contributed by atoms with Gasteiger partial charge >= 0.3 is 0 Å². The van der Waals surface area contributed by atoms with Crippen LogP contribution in [0, 0.1) is 19.8 Å². The van der Waals surface area contributed by atoms with Gasteiger partial charge in [-0.1, -0.05) is 29.8 Å². The molecule has 132 valence electrons. The molecule has 1 aliphatic heterocycles. The molecule has 1 atom stereocenters. The first-order valence-electron chi connectivity index (χ1n) is 9.00. The highest BCUT2D eigenvalue weighted by Gasteiger charge is 2.27. The normalized spacial score (nSPS) is 17.2. The lowest BCUT2D eigenvalue weighted by molar-refractivity contribution is -0.126. The van der Waals surface area contributed by atoms with Crippen LogP contribution in [0.15, 0.2) is 42.7 Å². The molecule has 1 fully saturated rings. The Kier molecular flexibility index (Phi) is 5.49. The first-order valence-corrected chi connectivity index (χ1v) is 9.00. The van der Waals surface area contributed by atoms with Gasteiger partial charge in [-0.2, -0.15) is 0 Å². The zero-order valence-electron chi connectivity index (χ0n) is 15.3. The molecular weight excluding hydrogens is 310 g/mol. The first-order chi connectivity index (χ1) is 12.0. The van der Waals surface area contributed by atoms with Gasteiger partial charge in [0.25, 0.3) is 0 Å². The minimum atomic E-state index is -0.151. The highest BCUT2D eigenvalue weighted by atomic mass is 16.1. The molecule has 4 heteroatoms. The molecule has 2 heterocycles. The Morgan fingerprint density at radius 2 is 2.00 bits per heavy atom. The maximum atomic E-state index is 12.9. The van der Waals surface area contributed by atoms with Gasteiger partial charge < -0.3 is 10.2 Å². The van der Waals surface area contributed by atoms with Gasteiger partial charge in [-0.25, -0.2) is 0 Å². The second-order valence-corrected chi connectivity index (χ2v) is 7.17.